The predicted molar refractivity (Wildman–Crippen MR) is 103 cm³/mol. The fourth-order valence-corrected chi connectivity index (χ4v) is 3.11. The average molecular weight is 353 g/mol. The summed E-state index contributed by atoms with van der Waals surface area (Å²) in [6, 6.07) is 12.7. The highest BCUT2D eigenvalue weighted by Crippen LogP contribution is 2.24. The third kappa shape index (κ3) is 4.54. The zero-order valence-corrected chi connectivity index (χ0v) is 16.0. The van der Waals surface area contributed by atoms with Crippen molar-refractivity contribution >= 4 is 11.9 Å². The van der Waals surface area contributed by atoms with Crippen LogP contribution in [-0.2, 0) is 24.2 Å². The number of pyridine rings is 1. The fourth-order valence-electron chi connectivity index (χ4n) is 3.11. The van der Waals surface area contributed by atoms with Gasteiger partial charge in [-0.2, -0.15) is 0 Å². The lowest BCUT2D eigenvalue weighted by Crippen LogP contribution is -2.32. The molecule has 0 saturated heterocycles. The number of aryl methyl sites for hydroxylation is 1. The van der Waals surface area contributed by atoms with Crippen molar-refractivity contribution in [1.29, 1.82) is 0 Å². The van der Waals surface area contributed by atoms with Gasteiger partial charge >= 0.3 is 6.09 Å². The predicted octanol–water partition coefficient (Wildman–Crippen LogP) is 3.98. The minimum Gasteiger partial charge on any atom is -0.444 e. The van der Waals surface area contributed by atoms with Crippen LogP contribution in [0.5, 0.6) is 0 Å². The number of hydrogen-bond acceptors (Lipinski definition) is 4. The molecule has 0 fully saturated rings. The van der Waals surface area contributed by atoms with Crippen LogP contribution < -0.4 is 10.2 Å². The smallest absolute Gasteiger partial charge is 0.407 e. The van der Waals surface area contributed by atoms with Gasteiger partial charge in [-0.1, -0.05) is 30.3 Å². The monoisotopic (exact) mass is 353 g/mol. The van der Waals surface area contributed by atoms with Gasteiger partial charge in [-0.3, -0.25) is 0 Å². The standard InChI is InChI=1S/C21H27N3O2/c1-15-17(13-22-20(25)26-21(2,3)4)9-10-19(23-15)24-12-11-16-7-5-6-8-18(16)14-24/h5-10H,11-14H2,1-4H3,(H,22,25). The lowest BCUT2D eigenvalue weighted by atomic mass is 10.00. The van der Waals surface area contributed by atoms with E-state index in [1.165, 1.54) is 11.1 Å². The van der Waals surface area contributed by atoms with Crippen molar-refractivity contribution in [3.05, 3.63) is 58.8 Å². The number of aromatic nitrogens is 1. The van der Waals surface area contributed by atoms with Gasteiger partial charge in [-0.15, -0.1) is 0 Å². The molecule has 5 heteroatoms. The largest absolute Gasteiger partial charge is 0.444 e. The van der Waals surface area contributed by atoms with Crippen molar-refractivity contribution in [2.45, 2.75) is 52.8 Å². The summed E-state index contributed by atoms with van der Waals surface area (Å²) in [6.07, 6.45) is 0.632. The Hall–Kier alpha value is -2.56. The summed E-state index contributed by atoms with van der Waals surface area (Å²) in [5.74, 6) is 0.984. The number of hydrogen-bond donors (Lipinski definition) is 1. The van der Waals surface area contributed by atoms with E-state index in [1.807, 2.05) is 39.8 Å². The number of rotatable bonds is 3. The van der Waals surface area contributed by atoms with Crippen molar-refractivity contribution in [2.75, 3.05) is 11.4 Å². The van der Waals surface area contributed by atoms with Crippen LogP contribution in [0.15, 0.2) is 36.4 Å². The highest BCUT2D eigenvalue weighted by Gasteiger charge is 2.18. The van der Waals surface area contributed by atoms with Gasteiger partial charge in [0, 0.05) is 25.3 Å². The first-order chi connectivity index (χ1) is 12.3. The number of nitrogens with one attached hydrogen (secondary N) is 1. The van der Waals surface area contributed by atoms with Crippen LogP contribution in [0, 0.1) is 6.92 Å². The molecule has 138 valence electrons. The second-order valence-corrected chi connectivity index (χ2v) is 7.71. The first-order valence-corrected chi connectivity index (χ1v) is 9.07. The number of ether oxygens (including phenoxy) is 1. The van der Waals surface area contributed by atoms with Crippen LogP contribution in [0.3, 0.4) is 0 Å². The molecule has 5 nitrogen and oxygen atoms in total. The third-order valence-electron chi connectivity index (χ3n) is 4.46. The molecular weight excluding hydrogens is 326 g/mol. The van der Waals surface area contributed by atoms with E-state index in [0.717, 1.165) is 36.6 Å². The van der Waals surface area contributed by atoms with Crippen LogP contribution in [0.2, 0.25) is 0 Å². The summed E-state index contributed by atoms with van der Waals surface area (Å²) in [6.45, 7) is 9.81. The van der Waals surface area contributed by atoms with E-state index in [0.29, 0.717) is 6.54 Å². The molecule has 1 aliphatic rings. The van der Waals surface area contributed by atoms with Gasteiger partial charge in [0.15, 0.2) is 0 Å². The number of fused-ring (bicyclic) bond motifs is 1. The number of amides is 1. The van der Waals surface area contributed by atoms with Crippen molar-refractivity contribution in [1.82, 2.24) is 10.3 Å². The van der Waals surface area contributed by atoms with Gasteiger partial charge in [-0.05, 0) is 56.9 Å². The van der Waals surface area contributed by atoms with Crippen molar-refractivity contribution in [3.63, 3.8) is 0 Å². The zero-order valence-electron chi connectivity index (χ0n) is 16.0. The van der Waals surface area contributed by atoms with E-state index in [1.54, 1.807) is 0 Å². The Balaban J connectivity index is 1.64. The Kier molecular flexibility index (Phi) is 5.16. The average Bonchev–Trinajstić information content (AvgIpc) is 2.58. The van der Waals surface area contributed by atoms with Crippen LogP contribution in [0.1, 0.15) is 43.2 Å². The Morgan fingerprint density at radius 1 is 1.19 bits per heavy atom. The third-order valence-corrected chi connectivity index (χ3v) is 4.46. The number of carbonyl (C=O) groups excluding carboxylic acids is 1. The summed E-state index contributed by atoms with van der Waals surface area (Å²) >= 11 is 0. The second-order valence-electron chi connectivity index (χ2n) is 7.71. The maximum Gasteiger partial charge on any atom is 0.407 e. The lowest BCUT2D eigenvalue weighted by molar-refractivity contribution is 0.0523. The Bertz CT molecular complexity index is 796. The van der Waals surface area contributed by atoms with E-state index in [9.17, 15) is 4.79 Å². The van der Waals surface area contributed by atoms with Crippen LogP contribution in [0.4, 0.5) is 10.6 Å². The number of benzene rings is 1. The summed E-state index contributed by atoms with van der Waals surface area (Å²) in [5.41, 5.74) is 4.23. The molecule has 26 heavy (non-hydrogen) atoms. The van der Waals surface area contributed by atoms with Gasteiger partial charge in [-0.25, -0.2) is 9.78 Å². The highest BCUT2D eigenvalue weighted by molar-refractivity contribution is 5.67. The Morgan fingerprint density at radius 3 is 2.62 bits per heavy atom. The number of anilines is 1. The Morgan fingerprint density at radius 2 is 1.92 bits per heavy atom. The molecule has 3 rings (SSSR count). The molecule has 0 spiro atoms. The lowest BCUT2D eigenvalue weighted by Gasteiger charge is -2.30. The molecule has 0 saturated carbocycles. The van der Waals surface area contributed by atoms with Crippen molar-refractivity contribution in [2.24, 2.45) is 0 Å². The van der Waals surface area contributed by atoms with Crippen molar-refractivity contribution in [3.8, 4) is 0 Å². The maximum atomic E-state index is 11.8. The summed E-state index contributed by atoms with van der Waals surface area (Å²) in [5, 5.41) is 2.79. The summed E-state index contributed by atoms with van der Waals surface area (Å²) in [4.78, 5) is 18.9. The molecule has 1 aromatic heterocycles. The molecule has 0 aliphatic carbocycles. The van der Waals surface area contributed by atoms with Gasteiger partial charge in [0.25, 0.3) is 0 Å². The highest BCUT2D eigenvalue weighted by atomic mass is 16.6. The summed E-state index contributed by atoms with van der Waals surface area (Å²) < 4.78 is 5.27. The minimum absolute atomic E-state index is 0.409. The quantitative estimate of drug-likeness (QED) is 0.907. The fraction of sp³-hybridized carbons (Fsp3) is 0.429. The SMILES string of the molecule is Cc1nc(N2CCc3ccccc3C2)ccc1CNC(=O)OC(C)(C)C. The van der Waals surface area contributed by atoms with Crippen LogP contribution in [0.25, 0.3) is 0 Å². The summed E-state index contributed by atoms with van der Waals surface area (Å²) in [7, 11) is 0. The van der Waals surface area contributed by atoms with E-state index < -0.39 is 11.7 Å². The molecule has 2 heterocycles. The van der Waals surface area contributed by atoms with E-state index in [2.05, 4.69) is 34.5 Å². The minimum atomic E-state index is -0.494. The molecule has 1 aliphatic heterocycles. The number of carbonyl (C=O) groups is 1. The molecule has 1 amide bonds. The van der Waals surface area contributed by atoms with E-state index in [4.69, 9.17) is 9.72 Å². The van der Waals surface area contributed by atoms with E-state index >= 15 is 0 Å². The molecule has 2 aromatic rings. The molecule has 0 atom stereocenters. The number of alkyl carbamates (subject to hydrolysis) is 1. The van der Waals surface area contributed by atoms with Crippen LogP contribution in [-0.4, -0.2) is 23.2 Å². The van der Waals surface area contributed by atoms with Gasteiger partial charge in [0.1, 0.15) is 11.4 Å². The first-order valence-electron chi connectivity index (χ1n) is 9.07. The number of nitrogens with zero attached hydrogens (tertiary/aromatic N) is 2. The molecular formula is C21H27N3O2. The van der Waals surface area contributed by atoms with E-state index in [-0.39, 0.29) is 0 Å². The van der Waals surface area contributed by atoms with Gasteiger partial charge in [0.05, 0.1) is 0 Å². The topological polar surface area (TPSA) is 54.5 Å². The van der Waals surface area contributed by atoms with Gasteiger partial charge < -0.3 is 15.0 Å². The van der Waals surface area contributed by atoms with Crippen molar-refractivity contribution < 1.29 is 9.53 Å². The molecule has 0 bridgehead atoms. The molecule has 1 N–H and O–H groups in total. The van der Waals surface area contributed by atoms with Gasteiger partial charge in [0.2, 0.25) is 0 Å². The molecule has 0 radical (unpaired) electrons. The normalized spacial score (nSPS) is 13.9. The Labute approximate surface area is 155 Å². The zero-order chi connectivity index (χ0) is 18.7. The molecule has 1 aromatic carbocycles. The maximum absolute atomic E-state index is 11.8. The second kappa shape index (κ2) is 7.36. The first kappa shape index (κ1) is 18.2. The molecule has 0 unspecified atom stereocenters. The van der Waals surface area contributed by atoms with Crippen LogP contribution >= 0.6 is 0 Å².